The predicted molar refractivity (Wildman–Crippen MR) is 55.8 cm³/mol. The Kier molecular flexibility index (Phi) is 3.14. The highest BCUT2D eigenvalue weighted by Crippen LogP contribution is 2.32. The summed E-state index contributed by atoms with van der Waals surface area (Å²) in [6.07, 6.45) is 1.46. The smallest absolute Gasteiger partial charge is 0.308 e. The first-order valence-electron chi connectivity index (χ1n) is 5.67. The molecular formula is C11H17NO4. The van der Waals surface area contributed by atoms with Gasteiger partial charge in [-0.05, 0) is 12.8 Å². The van der Waals surface area contributed by atoms with Crippen LogP contribution in [0.2, 0.25) is 0 Å². The van der Waals surface area contributed by atoms with Crippen molar-refractivity contribution in [3.63, 3.8) is 0 Å². The highest BCUT2D eigenvalue weighted by Gasteiger charge is 2.41. The van der Waals surface area contributed by atoms with Crippen molar-refractivity contribution in [3.05, 3.63) is 0 Å². The van der Waals surface area contributed by atoms with Crippen LogP contribution in [-0.4, -0.2) is 47.7 Å². The summed E-state index contributed by atoms with van der Waals surface area (Å²) in [5, 5.41) is 9.05. The van der Waals surface area contributed by atoms with E-state index in [1.54, 1.807) is 4.90 Å². The molecule has 0 aromatic rings. The van der Waals surface area contributed by atoms with Gasteiger partial charge in [-0.1, -0.05) is 0 Å². The van der Waals surface area contributed by atoms with Crippen molar-refractivity contribution in [1.29, 1.82) is 0 Å². The molecule has 5 heteroatoms. The number of aliphatic carboxylic acids is 1. The minimum absolute atomic E-state index is 0.0251. The van der Waals surface area contributed by atoms with Gasteiger partial charge in [-0.25, -0.2) is 0 Å². The molecule has 2 fully saturated rings. The molecule has 2 aliphatic rings. The van der Waals surface area contributed by atoms with E-state index in [4.69, 9.17) is 9.84 Å². The maximum absolute atomic E-state index is 11.5. The molecule has 0 aromatic heterocycles. The highest BCUT2D eigenvalue weighted by atomic mass is 16.5. The van der Waals surface area contributed by atoms with Crippen molar-refractivity contribution in [2.24, 2.45) is 11.8 Å². The third kappa shape index (κ3) is 2.04. The van der Waals surface area contributed by atoms with Crippen LogP contribution in [0.4, 0.5) is 0 Å². The number of piperidine rings is 1. The third-order valence-corrected chi connectivity index (χ3v) is 3.59. The third-order valence-electron chi connectivity index (χ3n) is 3.59. The van der Waals surface area contributed by atoms with Crippen molar-refractivity contribution in [3.8, 4) is 0 Å². The summed E-state index contributed by atoms with van der Waals surface area (Å²) in [4.78, 5) is 24.2. The van der Waals surface area contributed by atoms with E-state index in [2.05, 4.69) is 0 Å². The molecule has 16 heavy (non-hydrogen) atoms. The van der Waals surface area contributed by atoms with Crippen molar-refractivity contribution in [2.75, 3.05) is 19.8 Å². The molecule has 1 amide bonds. The number of likely N-dealkylation sites (tertiary alicyclic amines) is 1. The van der Waals surface area contributed by atoms with Crippen LogP contribution < -0.4 is 0 Å². The van der Waals surface area contributed by atoms with Crippen LogP contribution in [0.5, 0.6) is 0 Å². The minimum atomic E-state index is -0.810. The quantitative estimate of drug-likeness (QED) is 0.701. The first-order chi connectivity index (χ1) is 7.59. The van der Waals surface area contributed by atoms with Crippen LogP contribution in [0, 0.1) is 11.8 Å². The molecule has 0 unspecified atom stereocenters. The summed E-state index contributed by atoms with van der Waals surface area (Å²) in [6, 6.07) is 0.182. The fraction of sp³-hybridized carbons (Fsp3) is 0.818. The van der Waals surface area contributed by atoms with Crippen molar-refractivity contribution in [1.82, 2.24) is 4.90 Å². The molecule has 2 aliphatic heterocycles. The number of nitrogens with zero attached hydrogens (tertiary/aromatic N) is 1. The Labute approximate surface area is 94.4 Å². The SMILES string of the molecule is CC(=O)N1C[C@@H](C(=O)O)C[C@H]2COCC[C@@H]21. The van der Waals surface area contributed by atoms with Crippen LogP contribution in [-0.2, 0) is 14.3 Å². The Morgan fingerprint density at radius 1 is 1.44 bits per heavy atom. The largest absolute Gasteiger partial charge is 0.481 e. The van der Waals surface area contributed by atoms with Gasteiger partial charge in [0, 0.05) is 32.0 Å². The van der Waals surface area contributed by atoms with Gasteiger partial charge < -0.3 is 14.7 Å². The van der Waals surface area contributed by atoms with Gasteiger partial charge in [-0.15, -0.1) is 0 Å². The van der Waals surface area contributed by atoms with Crippen molar-refractivity contribution >= 4 is 11.9 Å². The van der Waals surface area contributed by atoms with E-state index < -0.39 is 11.9 Å². The van der Waals surface area contributed by atoms with Crippen LogP contribution in [0.25, 0.3) is 0 Å². The summed E-state index contributed by atoms with van der Waals surface area (Å²) in [6.45, 7) is 3.11. The Morgan fingerprint density at radius 2 is 2.19 bits per heavy atom. The molecule has 2 heterocycles. The molecule has 0 spiro atoms. The molecule has 0 saturated carbocycles. The van der Waals surface area contributed by atoms with Crippen LogP contribution in [0.1, 0.15) is 19.8 Å². The number of carbonyl (C=O) groups is 2. The number of ether oxygens (including phenoxy) is 1. The number of rotatable bonds is 1. The van der Waals surface area contributed by atoms with Crippen molar-refractivity contribution in [2.45, 2.75) is 25.8 Å². The number of amides is 1. The second kappa shape index (κ2) is 4.41. The first-order valence-corrected chi connectivity index (χ1v) is 5.67. The first kappa shape index (κ1) is 11.4. The lowest BCUT2D eigenvalue weighted by Crippen LogP contribution is -2.55. The molecule has 0 radical (unpaired) electrons. The average Bonchev–Trinajstić information content (AvgIpc) is 2.27. The van der Waals surface area contributed by atoms with Gasteiger partial charge in [0.25, 0.3) is 0 Å². The molecule has 2 saturated heterocycles. The number of carboxylic acid groups (broad SMARTS) is 1. The Balaban J connectivity index is 2.15. The Morgan fingerprint density at radius 3 is 2.81 bits per heavy atom. The topological polar surface area (TPSA) is 66.8 Å². The fourth-order valence-electron chi connectivity index (χ4n) is 2.77. The van der Waals surface area contributed by atoms with Crippen LogP contribution in [0.3, 0.4) is 0 Å². The van der Waals surface area contributed by atoms with Gasteiger partial charge in [-0.2, -0.15) is 0 Å². The molecule has 90 valence electrons. The summed E-state index contributed by atoms with van der Waals surface area (Å²) < 4.78 is 5.36. The van der Waals surface area contributed by atoms with Gasteiger partial charge in [0.1, 0.15) is 0 Å². The van der Waals surface area contributed by atoms with Crippen LogP contribution >= 0.6 is 0 Å². The van der Waals surface area contributed by atoms with E-state index in [1.165, 1.54) is 6.92 Å². The standard InChI is InChI=1S/C11H17NO4/c1-7(13)12-5-8(11(14)15)4-9-6-16-3-2-10(9)12/h8-10H,2-6H2,1H3,(H,14,15)/t8-,9-,10-/m0/s1. The van der Waals surface area contributed by atoms with Crippen LogP contribution in [0.15, 0.2) is 0 Å². The summed E-state index contributed by atoms with van der Waals surface area (Å²) in [7, 11) is 0. The fourth-order valence-corrected chi connectivity index (χ4v) is 2.77. The van der Waals surface area contributed by atoms with Gasteiger partial charge in [0.2, 0.25) is 5.91 Å². The van der Waals surface area contributed by atoms with E-state index in [9.17, 15) is 9.59 Å². The second-order valence-electron chi connectivity index (χ2n) is 4.63. The summed E-state index contributed by atoms with van der Waals surface area (Å²) >= 11 is 0. The van der Waals surface area contributed by atoms with Crippen molar-refractivity contribution < 1.29 is 19.4 Å². The van der Waals surface area contributed by atoms with E-state index in [1.807, 2.05) is 0 Å². The Bertz CT molecular complexity index is 304. The minimum Gasteiger partial charge on any atom is -0.481 e. The van der Waals surface area contributed by atoms with E-state index >= 15 is 0 Å². The van der Waals surface area contributed by atoms with Gasteiger partial charge in [0.05, 0.1) is 12.5 Å². The number of fused-ring (bicyclic) bond motifs is 1. The average molecular weight is 227 g/mol. The molecule has 0 aromatic carbocycles. The van der Waals surface area contributed by atoms with E-state index in [0.717, 1.165) is 6.42 Å². The number of hydrogen-bond acceptors (Lipinski definition) is 3. The molecule has 1 N–H and O–H groups in total. The maximum Gasteiger partial charge on any atom is 0.308 e. The zero-order valence-electron chi connectivity index (χ0n) is 9.39. The molecule has 2 rings (SSSR count). The lowest BCUT2D eigenvalue weighted by molar-refractivity contribution is -0.153. The second-order valence-corrected chi connectivity index (χ2v) is 4.63. The molecule has 0 aliphatic carbocycles. The number of carbonyl (C=O) groups excluding carboxylic acids is 1. The highest BCUT2D eigenvalue weighted by molar-refractivity contribution is 5.76. The van der Waals surface area contributed by atoms with E-state index in [0.29, 0.717) is 26.2 Å². The number of hydrogen-bond donors (Lipinski definition) is 1. The molecular weight excluding hydrogens is 210 g/mol. The number of carboxylic acids is 1. The van der Waals surface area contributed by atoms with Gasteiger partial charge in [-0.3, -0.25) is 9.59 Å². The van der Waals surface area contributed by atoms with E-state index in [-0.39, 0.29) is 17.9 Å². The lowest BCUT2D eigenvalue weighted by atomic mass is 9.81. The summed E-state index contributed by atoms with van der Waals surface area (Å²) in [5.41, 5.74) is 0. The predicted octanol–water partition coefficient (Wildman–Crippen LogP) is 0.344. The van der Waals surface area contributed by atoms with Gasteiger partial charge >= 0.3 is 5.97 Å². The normalized spacial score (nSPS) is 34.3. The summed E-state index contributed by atoms with van der Waals surface area (Å²) in [5.74, 6) is -1.09. The maximum atomic E-state index is 11.5. The molecule has 0 bridgehead atoms. The molecule has 3 atom stereocenters. The zero-order chi connectivity index (χ0) is 11.7. The van der Waals surface area contributed by atoms with Gasteiger partial charge in [0.15, 0.2) is 0 Å². The lowest BCUT2D eigenvalue weighted by Gasteiger charge is -2.45. The Hall–Kier alpha value is -1.10. The molecule has 5 nitrogen and oxygen atoms in total. The zero-order valence-corrected chi connectivity index (χ0v) is 9.39. The monoisotopic (exact) mass is 227 g/mol.